The fourth-order valence-electron chi connectivity index (χ4n) is 4.65. The summed E-state index contributed by atoms with van der Waals surface area (Å²) in [6.45, 7) is 0. The second-order valence-corrected chi connectivity index (χ2v) is 13.0. The molecule has 0 amide bonds. The van der Waals surface area contributed by atoms with Crippen LogP contribution in [0.15, 0.2) is 132 Å². The Morgan fingerprint density at radius 1 is 0.676 bits per heavy atom. The van der Waals surface area contributed by atoms with E-state index in [-0.39, 0.29) is 18.0 Å². The molecule has 0 saturated heterocycles. The molecule has 2 aromatic heterocycles. The minimum absolute atomic E-state index is 0. The second-order valence-electron chi connectivity index (χ2n) is 8.53. The summed E-state index contributed by atoms with van der Waals surface area (Å²) in [5.41, 5.74) is 1.61. The van der Waals surface area contributed by atoms with Crippen LogP contribution in [0.4, 0.5) is 0 Å². The van der Waals surface area contributed by atoms with Gasteiger partial charge in [0.05, 0.1) is 5.69 Å². The van der Waals surface area contributed by atoms with E-state index >= 15 is 0 Å². The van der Waals surface area contributed by atoms with Crippen LogP contribution in [0.3, 0.4) is 0 Å². The molecule has 4 nitrogen and oxygen atoms in total. The van der Waals surface area contributed by atoms with E-state index in [2.05, 4.69) is 77.9 Å². The first-order valence-corrected chi connectivity index (χ1v) is 14.5. The monoisotopic (exact) mass is 539 g/mol. The Morgan fingerprint density at radius 3 is 1.62 bits per heavy atom. The van der Waals surface area contributed by atoms with Crippen molar-refractivity contribution in [2.24, 2.45) is 0 Å². The van der Waals surface area contributed by atoms with Crippen molar-refractivity contribution < 1.29 is 12.4 Å². The van der Waals surface area contributed by atoms with E-state index in [0.29, 0.717) is 11.1 Å². The predicted molar refractivity (Wildman–Crippen MR) is 151 cm³/mol. The summed E-state index contributed by atoms with van der Waals surface area (Å²) in [6, 6.07) is 43.5. The smallest absolute Gasteiger partial charge is 0.275 e. The van der Waals surface area contributed by atoms with Gasteiger partial charge in [0, 0.05) is 11.6 Å². The molecule has 0 bridgehead atoms. The van der Waals surface area contributed by atoms with Gasteiger partial charge in [0.1, 0.15) is 34.3 Å². The fraction of sp³-hybridized carbons (Fsp3) is 0.0333. The molecule has 0 saturated carbocycles. The molecule has 0 aliphatic carbocycles. The lowest BCUT2D eigenvalue weighted by molar-refractivity contribution is -0.00000708. The number of fused-ring (bicyclic) bond motifs is 1. The molecule has 0 N–H and O–H groups in total. The highest BCUT2D eigenvalue weighted by Gasteiger charge is 2.46. The van der Waals surface area contributed by atoms with Crippen molar-refractivity contribution in [2.45, 2.75) is 6.16 Å². The summed E-state index contributed by atoms with van der Waals surface area (Å²) in [4.78, 5) is 18.8. The summed E-state index contributed by atoms with van der Waals surface area (Å²) >= 11 is 1.45. The van der Waals surface area contributed by atoms with Crippen LogP contribution in [0.1, 0.15) is 5.69 Å². The molecule has 37 heavy (non-hydrogen) atoms. The van der Waals surface area contributed by atoms with Gasteiger partial charge in [-0.1, -0.05) is 96.3 Å². The van der Waals surface area contributed by atoms with Gasteiger partial charge in [-0.2, -0.15) is 9.61 Å². The molecule has 4 aromatic carbocycles. The van der Waals surface area contributed by atoms with Crippen molar-refractivity contribution in [3.63, 3.8) is 0 Å². The van der Waals surface area contributed by atoms with E-state index in [1.165, 1.54) is 31.8 Å². The zero-order chi connectivity index (χ0) is 24.4. The standard InChI is InChI=1S/C30H23N3OPS.ClH/c34-28-21-24(31-30-33(28)32-29(36-30)23-13-5-1-6-14-23)22-35(25-15-7-2-8-16-25,26-17-9-3-10-18-26)27-19-11-4-12-20-27;/h1-21H,22H2;1H/q+1;/p-1. The summed E-state index contributed by atoms with van der Waals surface area (Å²) in [5.74, 6) is 0. The summed E-state index contributed by atoms with van der Waals surface area (Å²) in [5, 5.41) is 9.14. The van der Waals surface area contributed by atoms with E-state index in [1.54, 1.807) is 6.07 Å². The highest BCUT2D eigenvalue weighted by molar-refractivity contribution is 7.95. The van der Waals surface area contributed by atoms with Crippen LogP contribution < -0.4 is 33.9 Å². The fourth-order valence-corrected chi connectivity index (χ4v) is 9.71. The topological polar surface area (TPSA) is 47.3 Å². The minimum atomic E-state index is -2.15. The van der Waals surface area contributed by atoms with Crippen molar-refractivity contribution in [2.75, 3.05) is 0 Å². The van der Waals surface area contributed by atoms with Gasteiger partial charge in [0.25, 0.3) is 5.56 Å². The van der Waals surface area contributed by atoms with Crippen molar-refractivity contribution in [1.29, 1.82) is 0 Å². The van der Waals surface area contributed by atoms with E-state index in [1.807, 2.05) is 48.5 Å². The first-order valence-electron chi connectivity index (χ1n) is 11.7. The predicted octanol–water partition coefficient (Wildman–Crippen LogP) is 2.32. The Bertz CT molecular complexity index is 1580. The zero-order valence-corrected chi connectivity index (χ0v) is 22.3. The maximum Gasteiger partial charge on any atom is 0.275 e. The maximum atomic E-state index is 13.2. The summed E-state index contributed by atoms with van der Waals surface area (Å²) < 4.78 is 1.42. The van der Waals surface area contributed by atoms with Crippen LogP contribution in [-0.4, -0.2) is 14.6 Å². The third-order valence-corrected chi connectivity index (χ3v) is 11.6. The molecule has 0 aliphatic rings. The van der Waals surface area contributed by atoms with Gasteiger partial charge in [0.2, 0.25) is 4.96 Å². The van der Waals surface area contributed by atoms with Gasteiger partial charge in [-0.25, -0.2) is 4.98 Å². The SMILES string of the molecule is O=c1cc(C[P+](c2ccccc2)(c2ccccc2)c2ccccc2)nc2sc(-c3ccccc3)nn12.[Cl-]. The third kappa shape index (κ3) is 4.74. The number of nitrogens with zero attached hydrogens (tertiary/aromatic N) is 3. The highest BCUT2D eigenvalue weighted by Crippen LogP contribution is 2.57. The Labute approximate surface area is 226 Å². The zero-order valence-electron chi connectivity index (χ0n) is 19.8. The minimum Gasteiger partial charge on any atom is -1.00 e. The van der Waals surface area contributed by atoms with Gasteiger partial charge < -0.3 is 12.4 Å². The van der Waals surface area contributed by atoms with Crippen molar-refractivity contribution >= 4 is 39.5 Å². The van der Waals surface area contributed by atoms with E-state index < -0.39 is 7.26 Å². The average Bonchev–Trinajstić information content (AvgIpc) is 3.39. The molecule has 2 heterocycles. The number of rotatable bonds is 6. The highest BCUT2D eigenvalue weighted by atomic mass is 35.5. The van der Waals surface area contributed by atoms with Gasteiger partial charge in [-0.05, 0) is 36.4 Å². The van der Waals surface area contributed by atoms with Crippen LogP contribution in [-0.2, 0) is 6.16 Å². The molecule has 0 atom stereocenters. The number of aromatic nitrogens is 3. The van der Waals surface area contributed by atoms with Crippen LogP contribution in [0, 0.1) is 0 Å². The largest absolute Gasteiger partial charge is 1.00 e. The van der Waals surface area contributed by atoms with Gasteiger partial charge in [0.15, 0.2) is 0 Å². The number of benzene rings is 4. The Kier molecular flexibility index (Phi) is 7.29. The molecular formula is C30H23ClN3OPS. The molecule has 7 heteroatoms. The molecule has 0 unspecified atom stereocenters. The maximum absolute atomic E-state index is 13.2. The van der Waals surface area contributed by atoms with Crippen molar-refractivity contribution in [3.05, 3.63) is 143 Å². The molecule has 0 aliphatic heterocycles. The lowest BCUT2D eigenvalue weighted by atomic mass is 10.2. The normalized spacial score (nSPS) is 11.2. The number of hydrogen-bond acceptors (Lipinski definition) is 4. The molecule has 0 radical (unpaired) electrons. The molecule has 182 valence electrons. The first kappa shape index (κ1) is 25.0. The van der Waals surface area contributed by atoms with Crippen LogP contribution in [0.5, 0.6) is 0 Å². The Morgan fingerprint density at radius 2 is 1.14 bits per heavy atom. The molecule has 0 spiro atoms. The molecular weight excluding hydrogens is 517 g/mol. The van der Waals surface area contributed by atoms with E-state index in [4.69, 9.17) is 4.98 Å². The van der Waals surface area contributed by atoms with Crippen molar-refractivity contribution in [3.8, 4) is 10.6 Å². The van der Waals surface area contributed by atoms with E-state index in [9.17, 15) is 4.79 Å². The summed E-state index contributed by atoms with van der Waals surface area (Å²) in [6.07, 6.45) is 0.648. The van der Waals surface area contributed by atoms with Gasteiger partial charge in [-0.15, -0.1) is 0 Å². The quantitative estimate of drug-likeness (QED) is 0.305. The Hall–Kier alpha value is -3.63. The van der Waals surface area contributed by atoms with Crippen LogP contribution in [0.2, 0.25) is 0 Å². The lowest BCUT2D eigenvalue weighted by Gasteiger charge is -2.27. The average molecular weight is 540 g/mol. The van der Waals surface area contributed by atoms with Gasteiger partial charge >= 0.3 is 0 Å². The Balaban J connectivity index is 0.00000280. The first-order chi connectivity index (χ1) is 17.7. The van der Waals surface area contributed by atoms with Crippen molar-refractivity contribution in [1.82, 2.24) is 14.6 Å². The number of halogens is 1. The van der Waals surface area contributed by atoms with Crippen LogP contribution in [0.25, 0.3) is 15.5 Å². The third-order valence-electron chi connectivity index (χ3n) is 6.31. The number of hydrogen-bond donors (Lipinski definition) is 0. The lowest BCUT2D eigenvalue weighted by Crippen LogP contribution is -3.00. The van der Waals surface area contributed by atoms with E-state index in [0.717, 1.165) is 16.3 Å². The summed E-state index contributed by atoms with van der Waals surface area (Å²) in [7, 11) is -2.15. The molecule has 6 rings (SSSR count). The van der Waals surface area contributed by atoms with Gasteiger partial charge in [-0.3, -0.25) is 4.79 Å². The second kappa shape index (κ2) is 10.8. The van der Waals surface area contributed by atoms with Crippen LogP contribution >= 0.6 is 18.6 Å². The molecule has 0 fully saturated rings. The molecule has 6 aromatic rings.